The van der Waals surface area contributed by atoms with Crippen molar-refractivity contribution in [3.8, 4) is 0 Å². The molecule has 0 saturated carbocycles. The molecule has 0 aliphatic carbocycles. The van der Waals surface area contributed by atoms with Crippen LogP contribution in [0.2, 0.25) is 5.02 Å². The van der Waals surface area contributed by atoms with Crippen molar-refractivity contribution in [1.82, 2.24) is 14.7 Å². The van der Waals surface area contributed by atoms with E-state index in [0.717, 1.165) is 54.3 Å². The highest BCUT2D eigenvalue weighted by Gasteiger charge is 2.22. The molecule has 2 heterocycles. The van der Waals surface area contributed by atoms with Gasteiger partial charge in [0.25, 0.3) is 0 Å². The Bertz CT molecular complexity index is 401. The van der Waals surface area contributed by atoms with E-state index in [1.54, 1.807) is 0 Å². The lowest BCUT2D eigenvalue weighted by atomic mass is 9.95. The molecule has 3 nitrogen and oxygen atoms in total. The summed E-state index contributed by atoms with van der Waals surface area (Å²) in [7, 11) is 1.97. The summed E-state index contributed by atoms with van der Waals surface area (Å²) in [5, 5.41) is 5.19. The van der Waals surface area contributed by atoms with Crippen LogP contribution in [0.4, 0.5) is 0 Å². The van der Waals surface area contributed by atoms with Crippen LogP contribution in [0.15, 0.2) is 0 Å². The summed E-state index contributed by atoms with van der Waals surface area (Å²) in [4.78, 5) is 2.48. The highest BCUT2D eigenvalue weighted by Crippen LogP contribution is 2.25. The van der Waals surface area contributed by atoms with Gasteiger partial charge in [0, 0.05) is 26.0 Å². The van der Waals surface area contributed by atoms with Crippen molar-refractivity contribution in [2.45, 2.75) is 32.7 Å². The average Bonchev–Trinajstić information content (AvgIpc) is 2.57. The lowest BCUT2D eigenvalue weighted by molar-refractivity contribution is 0.162. The van der Waals surface area contributed by atoms with Crippen LogP contribution in [0.3, 0.4) is 0 Å². The van der Waals surface area contributed by atoms with Gasteiger partial charge in [0.2, 0.25) is 0 Å². The lowest BCUT2D eigenvalue weighted by Crippen LogP contribution is -2.35. The van der Waals surface area contributed by atoms with Crippen molar-refractivity contribution in [3.63, 3.8) is 0 Å². The van der Waals surface area contributed by atoms with Gasteiger partial charge < -0.3 is 0 Å². The first kappa shape index (κ1) is 14.2. The third-order valence-electron chi connectivity index (χ3n) is 3.76. The summed E-state index contributed by atoms with van der Waals surface area (Å²) in [5.74, 6) is 1.51. The summed E-state index contributed by atoms with van der Waals surface area (Å²) in [6.45, 7) is 5.14. The van der Waals surface area contributed by atoms with Gasteiger partial charge in [-0.2, -0.15) is 5.10 Å². The number of hydrogen-bond donors (Lipinski definition) is 0. The zero-order valence-corrected chi connectivity index (χ0v) is 12.6. The van der Waals surface area contributed by atoms with Gasteiger partial charge in [-0.1, -0.05) is 11.6 Å². The average molecular weight is 290 g/mol. The monoisotopic (exact) mass is 289 g/mol. The van der Waals surface area contributed by atoms with Gasteiger partial charge in [0.1, 0.15) is 0 Å². The molecule has 1 unspecified atom stereocenters. The molecule has 1 aromatic rings. The quantitative estimate of drug-likeness (QED) is 0.794. The van der Waals surface area contributed by atoms with Crippen LogP contribution < -0.4 is 0 Å². The summed E-state index contributed by atoms with van der Waals surface area (Å²) >= 11 is 12.1. The van der Waals surface area contributed by atoms with Crippen LogP contribution in [0.25, 0.3) is 0 Å². The molecule has 102 valence electrons. The van der Waals surface area contributed by atoms with Gasteiger partial charge in [0.05, 0.1) is 16.4 Å². The van der Waals surface area contributed by atoms with Crippen LogP contribution in [-0.2, 0) is 13.6 Å². The second-order valence-corrected chi connectivity index (χ2v) is 5.95. The standard InChI is InChI=1S/C13H21Cl2N3/c1-10-13(15)12(17(2)16-10)9-18-7-3-4-11(8-18)5-6-14/h11H,3-9H2,1-2H3. The molecule has 0 radical (unpaired) electrons. The number of hydrogen-bond acceptors (Lipinski definition) is 2. The fraction of sp³-hybridized carbons (Fsp3) is 0.769. The van der Waals surface area contributed by atoms with E-state index in [1.807, 2.05) is 18.7 Å². The Hall–Kier alpha value is -0.250. The molecule has 0 N–H and O–H groups in total. The number of rotatable bonds is 4. The molecule has 0 spiro atoms. The predicted octanol–water partition coefficient (Wildman–Crippen LogP) is 3.22. The fourth-order valence-electron chi connectivity index (χ4n) is 2.75. The van der Waals surface area contributed by atoms with E-state index in [1.165, 1.54) is 12.8 Å². The van der Waals surface area contributed by atoms with Gasteiger partial charge in [-0.05, 0) is 38.6 Å². The number of alkyl halides is 1. The molecule has 1 aromatic heterocycles. The molecule has 5 heteroatoms. The zero-order chi connectivity index (χ0) is 13.1. The minimum Gasteiger partial charge on any atom is -0.297 e. The maximum absolute atomic E-state index is 6.30. The Morgan fingerprint density at radius 1 is 1.44 bits per heavy atom. The van der Waals surface area contributed by atoms with E-state index >= 15 is 0 Å². The second-order valence-electron chi connectivity index (χ2n) is 5.19. The van der Waals surface area contributed by atoms with Crippen molar-refractivity contribution in [2.24, 2.45) is 13.0 Å². The SMILES string of the molecule is Cc1nn(C)c(CN2CCCC(CCCl)C2)c1Cl. The fourth-order valence-corrected chi connectivity index (χ4v) is 3.28. The second kappa shape index (κ2) is 6.27. The number of aryl methyl sites for hydroxylation is 2. The van der Waals surface area contributed by atoms with E-state index in [0.29, 0.717) is 0 Å². The number of aromatic nitrogens is 2. The van der Waals surface area contributed by atoms with Crippen LogP contribution in [-0.4, -0.2) is 33.6 Å². The molecule has 1 saturated heterocycles. The summed E-state index contributed by atoms with van der Waals surface area (Å²) in [6.07, 6.45) is 3.69. The first-order valence-electron chi connectivity index (χ1n) is 6.58. The zero-order valence-electron chi connectivity index (χ0n) is 11.1. The van der Waals surface area contributed by atoms with Gasteiger partial charge >= 0.3 is 0 Å². The molecule has 1 atom stereocenters. The summed E-state index contributed by atoms with van der Waals surface area (Å²) in [5.41, 5.74) is 2.05. The largest absolute Gasteiger partial charge is 0.297 e. The minimum atomic E-state index is 0.740. The molecule has 1 aliphatic rings. The Balaban J connectivity index is 2.00. The lowest BCUT2D eigenvalue weighted by Gasteiger charge is -2.32. The number of halogens is 2. The Morgan fingerprint density at radius 3 is 2.83 bits per heavy atom. The van der Waals surface area contributed by atoms with E-state index in [9.17, 15) is 0 Å². The molecule has 18 heavy (non-hydrogen) atoms. The van der Waals surface area contributed by atoms with Gasteiger partial charge in [-0.25, -0.2) is 0 Å². The Labute approximate surface area is 119 Å². The highest BCUT2D eigenvalue weighted by atomic mass is 35.5. The first-order chi connectivity index (χ1) is 8.61. The molecule has 2 rings (SSSR count). The molecule has 0 amide bonds. The smallest absolute Gasteiger partial charge is 0.0860 e. The molecule has 0 aromatic carbocycles. The molecular formula is C13H21Cl2N3. The summed E-state index contributed by atoms with van der Waals surface area (Å²) in [6, 6.07) is 0. The van der Waals surface area contributed by atoms with Crippen molar-refractivity contribution in [2.75, 3.05) is 19.0 Å². The van der Waals surface area contributed by atoms with E-state index in [4.69, 9.17) is 23.2 Å². The minimum absolute atomic E-state index is 0.740. The van der Waals surface area contributed by atoms with Crippen molar-refractivity contribution in [1.29, 1.82) is 0 Å². The Morgan fingerprint density at radius 2 is 2.22 bits per heavy atom. The molecule has 0 bridgehead atoms. The maximum Gasteiger partial charge on any atom is 0.0860 e. The number of piperidine rings is 1. The molecule has 1 aliphatic heterocycles. The van der Waals surface area contributed by atoms with E-state index in [2.05, 4.69) is 10.00 Å². The van der Waals surface area contributed by atoms with Gasteiger partial charge in [-0.3, -0.25) is 9.58 Å². The number of likely N-dealkylation sites (tertiary alicyclic amines) is 1. The molecule has 1 fully saturated rings. The normalized spacial score (nSPS) is 21.4. The van der Waals surface area contributed by atoms with Gasteiger partial charge in [-0.15, -0.1) is 11.6 Å². The third-order valence-corrected chi connectivity index (χ3v) is 4.47. The third kappa shape index (κ3) is 3.19. The summed E-state index contributed by atoms with van der Waals surface area (Å²) < 4.78 is 1.91. The predicted molar refractivity (Wildman–Crippen MR) is 76.3 cm³/mol. The Kier molecular flexibility index (Phi) is 4.93. The first-order valence-corrected chi connectivity index (χ1v) is 7.49. The van der Waals surface area contributed by atoms with Crippen LogP contribution in [0.1, 0.15) is 30.7 Å². The van der Waals surface area contributed by atoms with Crippen LogP contribution in [0, 0.1) is 12.8 Å². The van der Waals surface area contributed by atoms with E-state index in [-0.39, 0.29) is 0 Å². The van der Waals surface area contributed by atoms with Gasteiger partial charge in [0.15, 0.2) is 0 Å². The van der Waals surface area contributed by atoms with Crippen molar-refractivity contribution >= 4 is 23.2 Å². The van der Waals surface area contributed by atoms with E-state index < -0.39 is 0 Å². The topological polar surface area (TPSA) is 21.1 Å². The highest BCUT2D eigenvalue weighted by molar-refractivity contribution is 6.31. The van der Waals surface area contributed by atoms with Crippen LogP contribution >= 0.6 is 23.2 Å². The van der Waals surface area contributed by atoms with Crippen molar-refractivity contribution < 1.29 is 0 Å². The number of nitrogens with zero attached hydrogens (tertiary/aromatic N) is 3. The van der Waals surface area contributed by atoms with Crippen LogP contribution in [0.5, 0.6) is 0 Å². The maximum atomic E-state index is 6.30. The molecular weight excluding hydrogens is 269 g/mol. The van der Waals surface area contributed by atoms with Crippen molar-refractivity contribution in [3.05, 3.63) is 16.4 Å².